The second-order valence-electron chi connectivity index (χ2n) is 5.73. The van der Waals surface area contributed by atoms with Gasteiger partial charge >= 0.3 is 0 Å². The first-order valence-electron chi connectivity index (χ1n) is 8.19. The van der Waals surface area contributed by atoms with E-state index >= 15 is 0 Å². The minimum absolute atomic E-state index is 0.0327. The zero-order chi connectivity index (χ0) is 16.7. The maximum atomic E-state index is 12.0. The van der Waals surface area contributed by atoms with Crippen LogP contribution in [0.15, 0.2) is 36.7 Å². The van der Waals surface area contributed by atoms with Crippen LogP contribution in [0.25, 0.3) is 0 Å². The summed E-state index contributed by atoms with van der Waals surface area (Å²) in [6.45, 7) is 7.37. The van der Waals surface area contributed by atoms with Crippen LogP contribution >= 0.6 is 0 Å². The third kappa shape index (κ3) is 5.53. The van der Waals surface area contributed by atoms with E-state index in [2.05, 4.69) is 41.3 Å². The molecular weight excluding hydrogens is 288 g/mol. The van der Waals surface area contributed by atoms with E-state index in [0.717, 1.165) is 30.9 Å². The number of carbonyl (C=O) groups excluding carboxylic acids is 1. The van der Waals surface area contributed by atoms with Crippen molar-refractivity contribution in [3.8, 4) is 0 Å². The number of benzene rings is 1. The summed E-state index contributed by atoms with van der Waals surface area (Å²) in [5.74, 6) is 0.0327. The Balaban J connectivity index is 1.81. The molecule has 0 radical (unpaired) electrons. The summed E-state index contributed by atoms with van der Waals surface area (Å²) < 4.78 is 1.75. The average Bonchev–Trinajstić information content (AvgIpc) is 2.98. The number of anilines is 1. The summed E-state index contributed by atoms with van der Waals surface area (Å²) >= 11 is 0. The van der Waals surface area contributed by atoms with Crippen molar-refractivity contribution < 1.29 is 4.79 Å². The standard InChI is InChI=1S/C18H26N4O/c1-4-22(5-2)14-15-6-9-17(10-7-15)20-18(23)11-8-16-12-19-21(3)13-16/h6-7,9-10,12-13H,4-5,8,11,14H2,1-3H3,(H,20,23). The fourth-order valence-electron chi connectivity index (χ4n) is 2.48. The van der Waals surface area contributed by atoms with E-state index < -0.39 is 0 Å². The van der Waals surface area contributed by atoms with Gasteiger partial charge in [0.05, 0.1) is 6.20 Å². The highest BCUT2D eigenvalue weighted by atomic mass is 16.1. The van der Waals surface area contributed by atoms with Crippen molar-refractivity contribution in [2.24, 2.45) is 7.05 Å². The second kappa shape index (κ2) is 8.48. The number of hydrogen-bond donors (Lipinski definition) is 1. The first-order chi connectivity index (χ1) is 11.1. The predicted molar refractivity (Wildman–Crippen MR) is 93.2 cm³/mol. The van der Waals surface area contributed by atoms with Crippen molar-refractivity contribution in [1.29, 1.82) is 0 Å². The molecule has 23 heavy (non-hydrogen) atoms. The summed E-state index contributed by atoms with van der Waals surface area (Å²) in [6.07, 6.45) is 4.91. The number of rotatable bonds is 8. The van der Waals surface area contributed by atoms with Gasteiger partial charge in [-0.15, -0.1) is 0 Å². The quantitative estimate of drug-likeness (QED) is 0.815. The molecule has 2 aromatic rings. The normalized spacial score (nSPS) is 11.0. The van der Waals surface area contributed by atoms with Crippen molar-refractivity contribution >= 4 is 11.6 Å². The van der Waals surface area contributed by atoms with Crippen molar-refractivity contribution in [3.05, 3.63) is 47.8 Å². The molecule has 124 valence electrons. The van der Waals surface area contributed by atoms with E-state index in [9.17, 15) is 4.79 Å². The number of carbonyl (C=O) groups is 1. The van der Waals surface area contributed by atoms with Gasteiger partial charge in [-0.25, -0.2) is 0 Å². The van der Waals surface area contributed by atoms with Crippen LogP contribution in [0, 0.1) is 0 Å². The topological polar surface area (TPSA) is 50.2 Å². The largest absolute Gasteiger partial charge is 0.326 e. The molecule has 0 aliphatic heterocycles. The van der Waals surface area contributed by atoms with E-state index in [-0.39, 0.29) is 5.91 Å². The van der Waals surface area contributed by atoms with Gasteiger partial charge in [0, 0.05) is 31.9 Å². The molecule has 0 fully saturated rings. The maximum absolute atomic E-state index is 12.0. The Morgan fingerprint density at radius 3 is 2.43 bits per heavy atom. The zero-order valence-electron chi connectivity index (χ0n) is 14.2. The summed E-state index contributed by atoms with van der Waals surface area (Å²) in [5, 5.41) is 7.05. The van der Waals surface area contributed by atoms with Crippen molar-refractivity contribution in [2.75, 3.05) is 18.4 Å². The Morgan fingerprint density at radius 2 is 1.87 bits per heavy atom. The summed E-state index contributed by atoms with van der Waals surface area (Å²) in [4.78, 5) is 14.4. The summed E-state index contributed by atoms with van der Waals surface area (Å²) in [5.41, 5.74) is 3.20. The minimum atomic E-state index is 0.0327. The third-order valence-corrected chi connectivity index (χ3v) is 3.94. The highest BCUT2D eigenvalue weighted by molar-refractivity contribution is 5.90. The van der Waals surface area contributed by atoms with Gasteiger partial charge in [0.25, 0.3) is 0 Å². The van der Waals surface area contributed by atoms with Gasteiger partial charge in [0.1, 0.15) is 0 Å². The Labute approximate surface area is 138 Å². The van der Waals surface area contributed by atoms with Crippen LogP contribution in [0.3, 0.4) is 0 Å². The molecule has 0 unspecified atom stereocenters. The monoisotopic (exact) mass is 314 g/mol. The fourth-order valence-corrected chi connectivity index (χ4v) is 2.48. The van der Waals surface area contributed by atoms with Gasteiger partial charge in [-0.3, -0.25) is 14.4 Å². The van der Waals surface area contributed by atoms with E-state index in [1.54, 1.807) is 10.9 Å². The van der Waals surface area contributed by atoms with Gasteiger partial charge in [-0.05, 0) is 42.8 Å². The molecule has 0 spiro atoms. The van der Waals surface area contributed by atoms with Crippen molar-refractivity contribution in [2.45, 2.75) is 33.2 Å². The lowest BCUT2D eigenvalue weighted by molar-refractivity contribution is -0.116. The lowest BCUT2D eigenvalue weighted by Gasteiger charge is -2.18. The van der Waals surface area contributed by atoms with E-state index in [1.165, 1.54) is 5.56 Å². The lowest BCUT2D eigenvalue weighted by atomic mass is 10.1. The highest BCUT2D eigenvalue weighted by Gasteiger charge is 2.05. The van der Waals surface area contributed by atoms with Gasteiger partial charge < -0.3 is 5.32 Å². The Kier molecular flexibility index (Phi) is 6.35. The van der Waals surface area contributed by atoms with E-state index in [1.807, 2.05) is 25.4 Å². The first kappa shape index (κ1) is 17.2. The van der Waals surface area contributed by atoms with Crippen LogP contribution in [-0.2, 0) is 24.8 Å². The van der Waals surface area contributed by atoms with Crippen LogP contribution in [-0.4, -0.2) is 33.7 Å². The molecule has 1 aromatic carbocycles. The molecule has 1 heterocycles. The Bertz CT molecular complexity index is 614. The minimum Gasteiger partial charge on any atom is -0.326 e. The molecule has 5 nitrogen and oxygen atoms in total. The van der Waals surface area contributed by atoms with Gasteiger partial charge in [-0.1, -0.05) is 26.0 Å². The average molecular weight is 314 g/mol. The number of hydrogen-bond acceptors (Lipinski definition) is 3. The lowest BCUT2D eigenvalue weighted by Crippen LogP contribution is -2.22. The van der Waals surface area contributed by atoms with E-state index in [0.29, 0.717) is 12.8 Å². The third-order valence-electron chi connectivity index (χ3n) is 3.94. The van der Waals surface area contributed by atoms with Crippen LogP contribution in [0.5, 0.6) is 0 Å². The molecule has 0 saturated heterocycles. The number of aromatic nitrogens is 2. The number of nitrogens with zero attached hydrogens (tertiary/aromatic N) is 3. The summed E-state index contributed by atoms with van der Waals surface area (Å²) in [6, 6.07) is 8.10. The molecular formula is C18H26N4O. The molecule has 5 heteroatoms. The van der Waals surface area contributed by atoms with Gasteiger partial charge in [0.2, 0.25) is 5.91 Å². The number of amides is 1. The fraction of sp³-hybridized carbons (Fsp3) is 0.444. The van der Waals surface area contributed by atoms with Crippen molar-refractivity contribution in [3.63, 3.8) is 0 Å². The molecule has 1 N–H and O–H groups in total. The van der Waals surface area contributed by atoms with Crippen LogP contribution in [0.1, 0.15) is 31.4 Å². The van der Waals surface area contributed by atoms with Crippen LogP contribution in [0.2, 0.25) is 0 Å². The van der Waals surface area contributed by atoms with Crippen molar-refractivity contribution in [1.82, 2.24) is 14.7 Å². The van der Waals surface area contributed by atoms with E-state index in [4.69, 9.17) is 0 Å². The molecule has 0 atom stereocenters. The number of nitrogens with one attached hydrogen (secondary N) is 1. The molecule has 2 rings (SSSR count). The maximum Gasteiger partial charge on any atom is 0.224 e. The SMILES string of the molecule is CCN(CC)Cc1ccc(NC(=O)CCc2cnn(C)c2)cc1. The highest BCUT2D eigenvalue weighted by Crippen LogP contribution is 2.12. The first-order valence-corrected chi connectivity index (χ1v) is 8.19. The number of aryl methyl sites for hydroxylation is 2. The van der Waals surface area contributed by atoms with Gasteiger partial charge in [0.15, 0.2) is 0 Å². The van der Waals surface area contributed by atoms with Gasteiger partial charge in [-0.2, -0.15) is 5.10 Å². The zero-order valence-corrected chi connectivity index (χ0v) is 14.2. The Morgan fingerprint density at radius 1 is 1.17 bits per heavy atom. The Hall–Kier alpha value is -2.14. The van der Waals surface area contributed by atoms with Crippen LogP contribution in [0.4, 0.5) is 5.69 Å². The molecule has 1 amide bonds. The molecule has 1 aromatic heterocycles. The molecule has 0 bridgehead atoms. The predicted octanol–water partition coefficient (Wildman–Crippen LogP) is 2.83. The smallest absolute Gasteiger partial charge is 0.224 e. The second-order valence-corrected chi connectivity index (χ2v) is 5.73. The summed E-state index contributed by atoms with van der Waals surface area (Å²) in [7, 11) is 1.88. The molecule has 0 aliphatic carbocycles. The van der Waals surface area contributed by atoms with Crippen LogP contribution < -0.4 is 5.32 Å². The molecule has 0 saturated carbocycles. The molecule has 0 aliphatic rings.